The van der Waals surface area contributed by atoms with Gasteiger partial charge in [0.1, 0.15) is 4.21 Å². The molecule has 2 fully saturated rings. The summed E-state index contributed by atoms with van der Waals surface area (Å²) in [7, 11) is -3.39. The van der Waals surface area contributed by atoms with E-state index in [1.807, 2.05) is 0 Å². The summed E-state index contributed by atoms with van der Waals surface area (Å²) >= 11 is 4.55. The highest BCUT2D eigenvalue weighted by Crippen LogP contribution is 2.31. The zero-order valence-electron chi connectivity index (χ0n) is 13.5. The largest absolute Gasteiger partial charge is 0.353 e. The lowest BCUT2D eigenvalue weighted by Gasteiger charge is -2.30. The number of thiophene rings is 1. The monoisotopic (exact) mass is 434 g/mol. The first-order valence-electron chi connectivity index (χ1n) is 8.50. The number of nitrogens with zero attached hydrogens (tertiary/aromatic N) is 1. The lowest BCUT2D eigenvalue weighted by Crippen LogP contribution is -2.40. The third kappa shape index (κ3) is 4.39. The fourth-order valence-electron chi connectivity index (χ4n) is 3.54. The van der Waals surface area contributed by atoms with Crippen LogP contribution in [0, 0.1) is 5.92 Å². The van der Waals surface area contributed by atoms with Crippen LogP contribution in [0.4, 0.5) is 0 Å². The summed E-state index contributed by atoms with van der Waals surface area (Å²) in [4.78, 5) is 12.1. The van der Waals surface area contributed by atoms with E-state index in [0.717, 1.165) is 29.5 Å². The van der Waals surface area contributed by atoms with Gasteiger partial charge in [0.2, 0.25) is 5.91 Å². The van der Waals surface area contributed by atoms with E-state index in [1.54, 1.807) is 16.4 Å². The Hall–Kier alpha value is -0.440. The minimum Gasteiger partial charge on any atom is -0.353 e. The van der Waals surface area contributed by atoms with Crippen molar-refractivity contribution in [3.8, 4) is 0 Å². The molecular weight excluding hydrogens is 412 g/mol. The molecule has 1 saturated heterocycles. The van der Waals surface area contributed by atoms with Crippen LogP contribution < -0.4 is 5.32 Å². The first kappa shape index (κ1) is 18.4. The lowest BCUT2D eigenvalue weighted by atomic mass is 9.94. The van der Waals surface area contributed by atoms with E-state index in [1.165, 1.54) is 24.2 Å². The first-order valence-corrected chi connectivity index (χ1v) is 11.5. The molecule has 1 saturated carbocycles. The van der Waals surface area contributed by atoms with Crippen molar-refractivity contribution in [2.45, 2.75) is 55.2 Å². The van der Waals surface area contributed by atoms with Gasteiger partial charge in [0, 0.05) is 25.6 Å². The van der Waals surface area contributed by atoms with Gasteiger partial charge in [-0.15, -0.1) is 11.3 Å². The van der Waals surface area contributed by atoms with Crippen LogP contribution >= 0.6 is 27.3 Å². The van der Waals surface area contributed by atoms with Crippen molar-refractivity contribution in [3.63, 3.8) is 0 Å². The highest BCUT2D eigenvalue weighted by Gasteiger charge is 2.31. The van der Waals surface area contributed by atoms with Crippen LogP contribution in [0.15, 0.2) is 20.1 Å². The Labute approximate surface area is 156 Å². The number of amides is 1. The summed E-state index contributed by atoms with van der Waals surface area (Å²) in [5.41, 5.74) is 0. The average Bonchev–Trinajstić information content (AvgIpc) is 3.19. The standard InChI is InChI=1S/C16H23BrN2O3S2/c17-14-5-6-16(23-14)24(21,22)19-9-7-12(8-10-19)11-15(20)18-13-3-1-2-4-13/h5-6,12-13H,1-4,7-11H2,(H,18,20). The molecule has 0 aromatic carbocycles. The number of sulfonamides is 1. The highest BCUT2D eigenvalue weighted by atomic mass is 79.9. The van der Waals surface area contributed by atoms with Gasteiger partial charge in [-0.05, 0) is 59.7 Å². The Morgan fingerprint density at radius 2 is 1.88 bits per heavy atom. The Morgan fingerprint density at radius 1 is 1.21 bits per heavy atom. The maximum atomic E-state index is 12.6. The smallest absolute Gasteiger partial charge is 0.252 e. The summed E-state index contributed by atoms with van der Waals surface area (Å²) in [5.74, 6) is 0.415. The number of carbonyl (C=O) groups is 1. The van der Waals surface area contributed by atoms with Crippen LogP contribution in [-0.4, -0.2) is 37.8 Å². The summed E-state index contributed by atoms with van der Waals surface area (Å²) < 4.78 is 27.9. The van der Waals surface area contributed by atoms with E-state index < -0.39 is 10.0 Å². The molecular formula is C16H23BrN2O3S2. The van der Waals surface area contributed by atoms with Crippen LogP contribution in [0.25, 0.3) is 0 Å². The molecule has 1 aliphatic carbocycles. The van der Waals surface area contributed by atoms with Crippen molar-refractivity contribution in [2.75, 3.05) is 13.1 Å². The zero-order chi connectivity index (χ0) is 17.2. The Kier molecular flexibility index (Phi) is 6.00. The van der Waals surface area contributed by atoms with Crippen LogP contribution in [0.5, 0.6) is 0 Å². The van der Waals surface area contributed by atoms with Gasteiger partial charge in [-0.1, -0.05) is 12.8 Å². The molecule has 0 radical (unpaired) electrons. The molecule has 24 heavy (non-hydrogen) atoms. The van der Waals surface area contributed by atoms with Crippen molar-refractivity contribution in [2.24, 2.45) is 5.92 Å². The molecule has 0 spiro atoms. The number of piperidine rings is 1. The van der Waals surface area contributed by atoms with Gasteiger partial charge in [-0.3, -0.25) is 4.79 Å². The van der Waals surface area contributed by atoms with E-state index in [-0.39, 0.29) is 11.8 Å². The minimum atomic E-state index is -3.39. The Morgan fingerprint density at radius 3 is 2.46 bits per heavy atom. The summed E-state index contributed by atoms with van der Waals surface area (Å²) in [6, 6.07) is 3.76. The topological polar surface area (TPSA) is 66.5 Å². The minimum absolute atomic E-state index is 0.130. The van der Waals surface area contributed by atoms with Crippen LogP contribution in [0.2, 0.25) is 0 Å². The van der Waals surface area contributed by atoms with Crippen molar-refractivity contribution in [1.82, 2.24) is 9.62 Å². The van der Waals surface area contributed by atoms with Crippen molar-refractivity contribution in [1.29, 1.82) is 0 Å². The van der Waals surface area contributed by atoms with Crippen molar-refractivity contribution >= 4 is 43.2 Å². The fraction of sp³-hybridized carbons (Fsp3) is 0.688. The molecule has 1 N–H and O–H groups in total. The number of nitrogens with one attached hydrogen (secondary N) is 1. The van der Waals surface area contributed by atoms with Gasteiger partial charge < -0.3 is 5.32 Å². The zero-order valence-corrected chi connectivity index (χ0v) is 16.8. The maximum Gasteiger partial charge on any atom is 0.252 e. The Bertz CT molecular complexity index is 675. The summed E-state index contributed by atoms with van der Waals surface area (Å²) in [6.07, 6.45) is 6.64. The molecule has 2 heterocycles. The van der Waals surface area contributed by atoms with Crippen LogP contribution in [-0.2, 0) is 14.8 Å². The second-order valence-corrected chi connectivity index (χ2v) is 11.3. The van der Waals surface area contributed by atoms with Gasteiger partial charge >= 0.3 is 0 Å². The maximum absolute atomic E-state index is 12.6. The van der Waals surface area contributed by atoms with E-state index >= 15 is 0 Å². The van der Waals surface area contributed by atoms with Gasteiger partial charge in [-0.2, -0.15) is 4.31 Å². The van der Waals surface area contributed by atoms with Crippen molar-refractivity contribution < 1.29 is 13.2 Å². The predicted octanol–water partition coefficient (Wildman–Crippen LogP) is 3.36. The number of hydrogen-bond donors (Lipinski definition) is 1. The van der Waals surface area contributed by atoms with Gasteiger partial charge in [0.05, 0.1) is 3.79 Å². The SMILES string of the molecule is O=C(CC1CCN(S(=O)(=O)c2ccc(Br)s2)CC1)NC1CCCC1. The molecule has 0 bridgehead atoms. The first-order chi connectivity index (χ1) is 11.4. The molecule has 2 aliphatic rings. The molecule has 1 aromatic heterocycles. The number of halogens is 1. The van der Waals surface area contributed by atoms with E-state index in [0.29, 0.717) is 29.8 Å². The molecule has 1 aromatic rings. The quantitative estimate of drug-likeness (QED) is 0.772. The van der Waals surface area contributed by atoms with Crippen LogP contribution in [0.1, 0.15) is 44.9 Å². The van der Waals surface area contributed by atoms with E-state index in [9.17, 15) is 13.2 Å². The van der Waals surface area contributed by atoms with E-state index in [4.69, 9.17) is 0 Å². The number of rotatable bonds is 5. The molecule has 0 atom stereocenters. The van der Waals surface area contributed by atoms with Gasteiger partial charge in [0.15, 0.2) is 0 Å². The van der Waals surface area contributed by atoms with Gasteiger partial charge in [0.25, 0.3) is 10.0 Å². The summed E-state index contributed by atoms with van der Waals surface area (Å²) in [5, 5.41) is 3.12. The van der Waals surface area contributed by atoms with E-state index in [2.05, 4.69) is 21.2 Å². The van der Waals surface area contributed by atoms with Gasteiger partial charge in [-0.25, -0.2) is 8.42 Å². The molecule has 1 amide bonds. The molecule has 5 nitrogen and oxygen atoms in total. The second kappa shape index (κ2) is 7.85. The fourth-order valence-corrected chi connectivity index (χ4v) is 7.17. The van der Waals surface area contributed by atoms with Crippen molar-refractivity contribution in [3.05, 3.63) is 15.9 Å². The second-order valence-electron chi connectivity index (χ2n) is 6.66. The Balaban J connectivity index is 1.49. The third-order valence-corrected chi connectivity index (χ3v) is 8.90. The predicted molar refractivity (Wildman–Crippen MR) is 98.5 cm³/mol. The molecule has 0 unspecified atom stereocenters. The molecule has 1 aliphatic heterocycles. The highest BCUT2D eigenvalue weighted by molar-refractivity contribution is 9.11. The number of hydrogen-bond acceptors (Lipinski definition) is 4. The number of carbonyl (C=O) groups excluding carboxylic acids is 1. The lowest BCUT2D eigenvalue weighted by molar-refractivity contribution is -0.122. The summed E-state index contributed by atoms with van der Waals surface area (Å²) in [6.45, 7) is 0.998. The third-order valence-electron chi connectivity index (χ3n) is 4.91. The average molecular weight is 435 g/mol. The molecule has 8 heteroatoms. The molecule has 134 valence electrons. The normalized spacial score (nSPS) is 21.2. The molecule has 3 rings (SSSR count). The van der Waals surface area contributed by atoms with Crippen LogP contribution in [0.3, 0.4) is 0 Å².